The normalized spacial score (nSPS) is 14.3. The molecule has 0 unspecified atom stereocenters. The number of aromatic nitrogens is 1. The molecule has 0 radical (unpaired) electrons. The van der Waals surface area contributed by atoms with Gasteiger partial charge in [-0.2, -0.15) is 0 Å². The van der Waals surface area contributed by atoms with Crippen molar-refractivity contribution in [2.45, 2.75) is 26.8 Å². The summed E-state index contributed by atoms with van der Waals surface area (Å²) in [6.45, 7) is 8.34. The molecular weight excluding hydrogens is 503 g/mol. The van der Waals surface area contributed by atoms with Crippen LogP contribution in [0.4, 0.5) is 11.5 Å². The van der Waals surface area contributed by atoms with Gasteiger partial charge in [-0.25, -0.2) is 4.98 Å². The molecule has 1 saturated heterocycles. The molecule has 2 N–H and O–H groups in total. The summed E-state index contributed by atoms with van der Waals surface area (Å²) in [5.41, 5.74) is 1.93. The Hall–Kier alpha value is -2.36. The van der Waals surface area contributed by atoms with Crippen molar-refractivity contribution in [3.8, 4) is 0 Å². The molecule has 0 aliphatic carbocycles. The number of anilines is 2. The number of rotatable bonds is 6. The third-order valence-corrected chi connectivity index (χ3v) is 5.02. The van der Waals surface area contributed by atoms with Gasteiger partial charge < -0.3 is 20.4 Å². The van der Waals surface area contributed by atoms with E-state index in [2.05, 4.69) is 42.5 Å². The fourth-order valence-corrected chi connectivity index (χ4v) is 3.54. The van der Waals surface area contributed by atoms with Crippen LogP contribution in [0.1, 0.15) is 25.8 Å². The van der Waals surface area contributed by atoms with Crippen molar-refractivity contribution in [2.24, 2.45) is 10.9 Å². The van der Waals surface area contributed by atoms with Gasteiger partial charge in [0.1, 0.15) is 5.82 Å². The second kappa shape index (κ2) is 12.5. The van der Waals surface area contributed by atoms with Gasteiger partial charge in [-0.05, 0) is 35.7 Å². The molecule has 168 valence electrons. The number of halogens is 1. The highest BCUT2D eigenvalue weighted by molar-refractivity contribution is 14.0. The number of benzene rings is 1. The average molecular weight is 536 g/mol. The summed E-state index contributed by atoms with van der Waals surface area (Å²) < 4.78 is 0. The molecule has 1 aromatic heterocycles. The zero-order valence-electron chi connectivity index (χ0n) is 18.5. The summed E-state index contributed by atoms with van der Waals surface area (Å²) in [6.07, 6.45) is 2.36. The van der Waals surface area contributed by atoms with E-state index in [0.29, 0.717) is 18.9 Å². The fourth-order valence-electron chi connectivity index (χ4n) is 3.54. The van der Waals surface area contributed by atoms with Crippen molar-refractivity contribution in [3.05, 3.63) is 54.2 Å². The van der Waals surface area contributed by atoms with Crippen molar-refractivity contribution in [1.29, 1.82) is 0 Å². The molecule has 1 aliphatic heterocycles. The first kappa shape index (κ1) is 24.9. The molecule has 2 aromatic rings. The second-order valence-corrected chi connectivity index (χ2v) is 7.91. The maximum absolute atomic E-state index is 12.0. The molecule has 1 aromatic carbocycles. The van der Waals surface area contributed by atoms with Crippen molar-refractivity contribution >= 4 is 47.3 Å². The van der Waals surface area contributed by atoms with Crippen molar-refractivity contribution in [1.82, 2.24) is 15.2 Å². The van der Waals surface area contributed by atoms with Crippen LogP contribution in [0.3, 0.4) is 0 Å². The van der Waals surface area contributed by atoms with Crippen LogP contribution in [-0.4, -0.2) is 55.0 Å². The topological polar surface area (TPSA) is 72.9 Å². The number of carbonyl (C=O) groups excluding carboxylic acids is 1. The van der Waals surface area contributed by atoms with Gasteiger partial charge >= 0.3 is 0 Å². The standard InChI is InChI=1S/C23H32N6O.HI/c1-18(2)15-22(30)27-20-8-6-7-19(16-20)17-26-23(24-3)29-13-11-28(12-14-29)21-9-4-5-10-25-21;/h4-10,16,18H,11-15,17H2,1-3H3,(H,24,26)(H,27,30);1H. The number of piperazine rings is 1. The molecule has 8 heteroatoms. The minimum Gasteiger partial charge on any atom is -0.353 e. The maximum Gasteiger partial charge on any atom is 0.224 e. The number of carbonyl (C=O) groups is 1. The monoisotopic (exact) mass is 536 g/mol. The first-order valence-electron chi connectivity index (χ1n) is 10.6. The highest BCUT2D eigenvalue weighted by Gasteiger charge is 2.20. The number of aliphatic imine (C=N–C) groups is 1. The van der Waals surface area contributed by atoms with Gasteiger partial charge in [-0.3, -0.25) is 9.79 Å². The van der Waals surface area contributed by atoms with Crippen LogP contribution in [0.25, 0.3) is 0 Å². The van der Waals surface area contributed by atoms with E-state index < -0.39 is 0 Å². The van der Waals surface area contributed by atoms with E-state index in [9.17, 15) is 4.79 Å². The molecule has 0 spiro atoms. The highest BCUT2D eigenvalue weighted by Crippen LogP contribution is 2.14. The van der Waals surface area contributed by atoms with E-state index in [1.807, 2.05) is 57.4 Å². The molecule has 7 nitrogen and oxygen atoms in total. The Morgan fingerprint density at radius 2 is 1.90 bits per heavy atom. The molecule has 31 heavy (non-hydrogen) atoms. The number of pyridine rings is 1. The summed E-state index contributed by atoms with van der Waals surface area (Å²) in [7, 11) is 1.82. The quantitative estimate of drug-likeness (QED) is 0.336. The molecule has 3 rings (SSSR count). The van der Waals surface area contributed by atoms with Gasteiger partial charge in [-0.1, -0.05) is 32.0 Å². The molecule has 1 amide bonds. The molecule has 0 atom stereocenters. The fraction of sp³-hybridized carbons (Fsp3) is 0.435. The van der Waals surface area contributed by atoms with E-state index in [4.69, 9.17) is 0 Å². The SMILES string of the molecule is CN=C(NCc1cccc(NC(=O)CC(C)C)c1)N1CCN(c2ccccn2)CC1.I. The Labute approximate surface area is 202 Å². The zero-order valence-corrected chi connectivity index (χ0v) is 20.9. The van der Waals surface area contributed by atoms with Gasteiger partial charge in [0.15, 0.2) is 5.96 Å². The van der Waals surface area contributed by atoms with Crippen molar-refractivity contribution in [2.75, 3.05) is 43.4 Å². The van der Waals surface area contributed by atoms with Crippen molar-refractivity contribution < 1.29 is 4.79 Å². The van der Waals surface area contributed by atoms with Crippen LogP contribution in [0.2, 0.25) is 0 Å². The van der Waals surface area contributed by atoms with Gasteiger partial charge in [-0.15, -0.1) is 24.0 Å². The molecule has 1 fully saturated rings. The zero-order chi connectivity index (χ0) is 21.3. The van der Waals surface area contributed by atoms with E-state index >= 15 is 0 Å². The van der Waals surface area contributed by atoms with E-state index in [-0.39, 0.29) is 29.9 Å². The summed E-state index contributed by atoms with van der Waals surface area (Å²) in [5, 5.41) is 6.43. The summed E-state index contributed by atoms with van der Waals surface area (Å²) in [4.78, 5) is 25.5. The summed E-state index contributed by atoms with van der Waals surface area (Å²) >= 11 is 0. The van der Waals surface area contributed by atoms with E-state index in [0.717, 1.165) is 49.2 Å². The minimum atomic E-state index is 0. The smallest absolute Gasteiger partial charge is 0.224 e. The van der Waals surface area contributed by atoms with Crippen LogP contribution in [0.15, 0.2) is 53.7 Å². The van der Waals surface area contributed by atoms with Crippen LogP contribution >= 0.6 is 24.0 Å². The largest absolute Gasteiger partial charge is 0.353 e. The Morgan fingerprint density at radius 1 is 1.13 bits per heavy atom. The predicted octanol–water partition coefficient (Wildman–Crippen LogP) is 3.58. The lowest BCUT2D eigenvalue weighted by Gasteiger charge is -2.37. The van der Waals surface area contributed by atoms with Gasteiger partial charge in [0.2, 0.25) is 5.91 Å². The molecule has 1 aliphatic rings. The molecule has 0 saturated carbocycles. The van der Waals surface area contributed by atoms with E-state index in [1.165, 1.54) is 0 Å². The van der Waals surface area contributed by atoms with E-state index in [1.54, 1.807) is 0 Å². The Bertz CT molecular complexity index is 850. The molecule has 0 bridgehead atoms. The van der Waals surface area contributed by atoms with Crippen LogP contribution < -0.4 is 15.5 Å². The lowest BCUT2D eigenvalue weighted by molar-refractivity contribution is -0.116. The number of nitrogens with one attached hydrogen (secondary N) is 2. The number of guanidine groups is 1. The maximum atomic E-state index is 12.0. The summed E-state index contributed by atoms with van der Waals surface area (Å²) in [6, 6.07) is 14.0. The Kier molecular flexibility index (Phi) is 10.0. The molecule has 2 heterocycles. The van der Waals surface area contributed by atoms with Crippen LogP contribution in [-0.2, 0) is 11.3 Å². The number of amides is 1. The second-order valence-electron chi connectivity index (χ2n) is 7.91. The first-order valence-corrected chi connectivity index (χ1v) is 10.6. The number of hydrogen-bond acceptors (Lipinski definition) is 4. The third kappa shape index (κ3) is 7.68. The number of nitrogens with zero attached hydrogens (tertiary/aromatic N) is 4. The first-order chi connectivity index (χ1) is 14.5. The lowest BCUT2D eigenvalue weighted by atomic mass is 10.1. The van der Waals surface area contributed by atoms with Gasteiger partial charge in [0.05, 0.1) is 0 Å². The summed E-state index contributed by atoms with van der Waals surface area (Å²) in [5.74, 6) is 2.31. The molecular formula is C23H33IN6O. The van der Waals surface area contributed by atoms with Crippen molar-refractivity contribution in [3.63, 3.8) is 0 Å². The third-order valence-electron chi connectivity index (χ3n) is 5.02. The minimum absolute atomic E-state index is 0. The number of hydrogen-bond donors (Lipinski definition) is 2. The predicted molar refractivity (Wildman–Crippen MR) is 138 cm³/mol. The van der Waals surface area contributed by atoms with Gasteiger partial charge in [0.25, 0.3) is 0 Å². The highest BCUT2D eigenvalue weighted by atomic mass is 127. The Balaban J connectivity index is 0.00000341. The van der Waals surface area contributed by atoms with Crippen LogP contribution in [0, 0.1) is 5.92 Å². The van der Waals surface area contributed by atoms with Gasteiger partial charge in [0, 0.05) is 58.1 Å². The lowest BCUT2D eigenvalue weighted by Crippen LogP contribution is -2.52. The Morgan fingerprint density at radius 3 is 2.55 bits per heavy atom. The van der Waals surface area contributed by atoms with Crippen LogP contribution in [0.5, 0.6) is 0 Å². The average Bonchev–Trinajstić information content (AvgIpc) is 2.75.